The molecule has 0 bridgehead atoms. The van der Waals surface area contributed by atoms with Crippen LogP contribution in [0.3, 0.4) is 0 Å². The molecule has 0 aliphatic carbocycles. The van der Waals surface area contributed by atoms with Crippen LogP contribution in [0.25, 0.3) is 23.0 Å². The number of rotatable bonds is 4. The fourth-order valence-corrected chi connectivity index (χ4v) is 2.85. The van der Waals surface area contributed by atoms with E-state index in [1.54, 1.807) is 0 Å². The predicted molar refractivity (Wildman–Crippen MR) is 97.8 cm³/mol. The Morgan fingerprint density at radius 3 is 2.25 bits per heavy atom. The van der Waals surface area contributed by atoms with Gasteiger partial charge in [-0.3, -0.25) is 0 Å². The zero-order valence-corrected chi connectivity index (χ0v) is 14.2. The summed E-state index contributed by atoms with van der Waals surface area (Å²) in [7, 11) is 0. The first-order valence-electron chi connectivity index (χ1n) is 8.18. The number of halogens is 1. The van der Waals surface area contributed by atoms with Crippen LogP contribution in [0, 0.1) is 5.82 Å². The molecule has 3 aromatic rings. The molecule has 122 valence electrons. The highest BCUT2D eigenvalue weighted by atomic mass is 19.1. The zero-order chi connectivity index (χ0) is 17.1. The van der Waals surface area contributed by atoms with Crippen molar-refractivity contribution in [3.8, 4) is 16.9 Å². The van der Waals surface area contributed by atoms with E-state index in [0.29, 0.717) is 5.92 Å². The van der Waals surface area contributed by atoms with Gasteiger partial charge in [0.25, 0.3) is 0 Å². The van der Waals surface area contributed by atoms with Gasteiger partial charge in [0.15, 0.2) is 0 Å². The Kier molecular flexibility index (Phi) is 4.61. The molecule has 1 heterocycles. The topological polar surface area (TPSA) is 17.8 Å². The third-order valence-corrected chi connectivity index (χ3v) is 3.95. The first kappa shape index (κ1) is 16.2. The quantitative estimate of drug-likeness (QED) is 0.591. The van der Waals surface area contributed by atoms with Gasteiger partial charge in [0.1, 0.15) is 5.82 Å². The average molecular weight is 320 g/mol. The molecule has 0 fully saturated rings. The van der Waals surface area contributed by atoms with Crippen molar-refractivity contribution in [3.63, 3.8) is 0 Å². The van der Waals surface area contributed by atoms with Crippen molar-refractivity contribution in [2.45, 2.75) is 26.7 Å². The molecular formula is C21H21FN2. The molecule has 0 atom stereocenters. The lowest BCUT2D eigenvalue weighted by atomic mass is 9.99. The lowest BCUT2D eigenvalue weighted by Crippen LogP contribution is -2.00. The number of aromatic nitrogens is 2. The van der Waals surface area contributed by atoms with Crippen LogP contribution in [0.15, 0.2) is 60.7 Å². The molecule has 0 aliphatic rings. The molecular weight excluding hydrogens is 299 g/mol. The summed E-state index contributed by atoms with van der Waals surface area (Å²) in [6.07, 6.45) is 4.10. The smallest absolute Gasteiger partial charge is 0.123 e. The first-order valence-corrected chi connectivity index (χ1v) is 8.18. The molecule has 0 saturated carbocycles. The second-order valence-electron chi connectivity index (χ2n) is 6.06. The monoisotopic (exact) mass is 320 g/mol. The van der Waals surface area contributed by atoms with Crippen molar-refractivity contribution in [1.82, 2.24) is 9.78 Å². The lowest BCUT2D eigenvalue weighted by molar-refractivity contribution is 0.628. The van der Waals surface area contributed by atoms with E-state index in [9.17, 15) is 4.39 Å². The fourth-order valence-electron chi connectivity index (χ4n) is 2.85. The van der Waals surface area contributed by atoms with Gasteiger partial charge in [0.2, 0.25) is 0 Å². The molecule has 0 amide bonds. The van der Waals surface area contributed by atoms with Crippen molar-refractivity contribution >= 4 is 6.08 Å². The Morgan fingerprint density at radius 1 is 1.00 bits per heavy atom. The van der Waals surface area contributed by atoms with Crippen LogP contribution in [0.2, 0.25) is 0 Å². The van der Waals surface area contributed by atoms with Crippen LogP contribution >= 0.6 is 0 Å². The maximum atomic E-state index is 13.4. The number of hydrogen-bond donors (Lipinski definition) is 0. The molecule has 1 aromatic heterocycles. The highest BCUT2D eigenvalue weighted by Gasteiger charge is 2.20. The minimum atomic E-state index is -0.235. The molecule has 0 saturated heterocycles. The van der Waals surface area contributed by atoms with Crippen LogP contribution in [-0.4, -0.2) is 9.78 Å². The Labute approximate surface area is 142 Å². The number of allylic oxidation sites excluding steroid dienone is 1. The highest BCUT2D eigenvalue weighted by molar-refractivity contribution is 5.75. The van der Waals surface area contributed by atoms with Crippen LogP contribution in [0.1, 0.15) is 37.9 Å². The standard InChI is InChI=1S/C21H21FN2/c1-4-8-19-20(15(2)3)23-24(18-9-6-5-7-10-18)21(19)16-11-13-17(22)14-12-16/h4-15H,1-3H3. The van der Waals surface area contributed by atoms with Gasteiger partial charge in [0.05, 0.1) is 17.1 Å². The number of hydrogen-bond acceptors (Lipinski definition) is 1. The molecule has 2 nitrogen and oxygen atoms in total. The Balaban J connectivity index is 2.32. The summed E-state index contributed by atoms with van der Waals surface area (Å²) in [6.45, 7) is 6.27. The van der Waals surface area contributed by atoms with Gasteiger partial charge in [-0.15, -0.1) is 0 Å². The van der Waals surface area contributed by atoms with Gasteiger partial charge in [-0.05, 0) is 49.2 Å². The Hall–Kier alpha value is -2.68. The normalized spacial score (nSPS) is 11.5. The molecule has 3 heteroatoms. The average Bonchev–Trinajstić information content (AvgIpc) is 2.96. The summed E-state index contributed by atoms with van der Waals surface area (Å²) in [5.41, 5.74) is 5.06. The largest absolute Gasteiger partial charge is 0.232 e. The van der Waals surface area contributed by atoms with Gasteiger partial charge in [-0.1, -0.05) is 44.2 Å². The number of nitrogens with zero attached hydrogens (tertiary/aromatic N) is 2. The van der Waals surface area contributed by atoms with Gasteiger partial charge in [0, 0.05) is 11.1 Å². The van der Waals surface area contributed by atoms with E-state index in [-0.39, 0.29) is 5.82 Å². The zero-order valence-electron chi connectivity index (χ0n) is 14.2. The molecule has 0 unspecified atom stereocenters. The minimum Gasteiger partial charge on any atom is -0.232 e. The van der Waals surface area contributed by atoms with Crippen molar-refractivity contribution in [2.24, 2.45) is 0 Å². The summed E-state index contributed by atoms with van der Waals surface area (Å²) in [5, 5.41) is 4.87. The summed E-state index contributed by atoms with van der Waals surface area (Å²) in [6, 6.07) is 16.6. The van der Waals surface area contributed by atoms with Crippen LogP contribution in [0.4, 0.5) is 4.39 Å². The molecule has 0 N–H and O–H groups in total. The fraction of sp³-hybridized carbons (Fsp3) is 0.190. The molecule has 0 radical (unpaired) electrons. The van der Waals surface area contributed by atoms with Crippen LogP contribution < -0.4 is 0 Å². The maximum absolute atomic E-state index is 13.4. The summed E-state index contributed by atoms with van der Waals surface area (Å²) in [5.74, 6) is 0.0570. The second kappa shape index (κ2) is 6.83. The van der Waals surface area contributed by atoms with E-state index in [2.05, 4.69) is 19.9 Å². The van der Waals surface area contributed by atoms with E-state index >= 15 is 0 Å². The van der Waals surface area contributed by atoms with E-state index < -0.39 is 0 Å². The Bertz CT molecular complexity index is 844. The molecule has 24 heavy (non-hydrogen) atoms. The summed E-state index contributed by atoms with van der Waals surface area (Å²) in [4.78, 5) is 0. The summed E-state index contributed by atoms with van der Waals surface area (Å²) >= 11 is 0. The van der Waals surface area contributed by atoms with Gasteiger partial charge < -0.3 is 0 Å². The highest BCUT2D eigenvalue weighted by Crippen LogP contribution is 2.33. The van der Waals surface area contributed by atoms with Crippen LogP contribution in [-0.2, 0) is 0 Å². The van der Waals surface area contributed by atoms with Crippen molar-refractivity contribution in [3.05, 3.63) is 77.7 Å². The van der Waals surface area contributed by atoms with E-state index in [0.717, 1.165) is 28.2 Å². The lowest BCUT2D eigenvalue weighted by Gasteiger charge is -2.09. The first-order chi connectivity index (χ1) is 11.6. The van der Waals surface area contributed by atoms with E-state index in [4.69, 9.17) is 5.10 Å². The predicted octanol–water partition coefficient (Wildman–Crippen LogP) is 5.83. The SMILES string of the molecule is CC=Cc1c(C(C)C)nn(-c2ccccc2)c1-c1ccc(F)cc1. The van der Waals surface area contributed by atoms with Gasteiger partial charge in [-0.25, -0.2) is 9.07 Å². The Morgan fingerprint density at radius 2 is 1.67 bits per heavy atom. The van der Waals surface area contributed by atoms with Crippen molar-refractivity contribution in [2.75, 3.05) is 0 Å². The molecule has 2 aromatic carbocycles. The molecule has 0 spiro atoms. The van der Waals surface area contributed by atoms with Gasteiger partial charge >= 0.3 is 0 Å². The minimum absolute atomic E-state index is 0.235. The van der Waals surface area contributed by atoms with Crippen molar-refractivity contribution < 1.29 is 4.39 Å². The number of benzene rings is 2. The molecule has 3 rings (SSSR count). The number of para-hydroxylation sites is 1. The van der Waals surface area contributed by atoms with Crippen LogP contribution in [0.5, 0.6) is 0 Å². The van der Waals surface area contributed by atoms with E-state index in [1.807, 2.05) is 60.1 Å². The maximum Gasteiger partial charge on any atom is 0.123 e. The van der Waals surface area contributed by atoms with Gasteiger partial charge in [-0.2, -0.15) is 5.10 Å². The summed E-state index contributed by atoms with van der Waals surface area (Å²) < 4.78 is 15.3. The third-order valence-electron chi connectivity index (χ3n) is 3.95. The molecule has 0 aliphatic heterocycles. The van der Waals surface area contributed by atoms with Crippen molar-refractivity contribution in [1.29, 1.82) is 0 Å². The van der Waals surface area contributed by atoms with E-state index in [1.165, 1.54) is 12.1 Å². The third kappa shape index (κ3) is 3.02. The second-order valence-corrected chi connectivity index (χ2v) is 6.06.